The van der Waals surface area contributed by atoms with Crippen molar-refractivity contribution in [2.24, 2.45) is 11.3 Å². The topological polar surface area (TPSA) is 46.6 Å². The molecule has 2 aromatic carbocycles. The number of rotatable bonds is 7. The molecule has 2 bridgehead atoms. The van der Waals surface area contributed by atoms with Gasteiger partial charge in [-0.15, -0.1) is 0 Å². The number of anilines is 1. The van der Waals surface area contributed by atoms with Crippen molar-refractivity contribution in [3.8, 4) is 0 Å². The fourth-order valence-corrected chi connectivity index (χ4v) is 7.44. The van der Waals surface area contributed by atoms with E-state index in [1.54, 1.807) is 0 Å². The number of hydrogen-bond acceptors (Lipinski definition) is 3. The van der Waals surface area contributed by atoms with E-state index in [9.17, 15) is 9.59 Å². The van der Waals surface area contributed by atoms with Crippen LogP contribution in [0.3, 0.4) is 0 Å². The van der Waals surface area contributed by atoms with Gasteiger partial charge in [0.2, 0.25) is 5.91 Å². The number of benzene rings is 2. The number of hydrogen-bond donors (Lipinski definition) is 0. The molecular weight excluding hydrogens is 538 g/mol. The summed E-state index contributed by atoms with van der Waals surface area (Å²) in [6.45, 7) is 2.72. The van der Waals surface area contributed by atoms with E-state index in [0.29, 0.717) is 5.91 Å². The fraction of sp³-hybridized carbons (Fsp3) is 0.515. The van der Waals surface area contributed by atoms with Gasteiger partial charge in [0, 0.05) is 28.7 Å². The number of fused-ring (bicyclic) bond motifs is 3. The van der Waals surface area contributed by atoms with Crippen LogP contribution in [0.4, 0.5) is 5.69 Å². The van der Waals surface area contributed by atoms with E-state index in [1.807, 2.05) is 19.1 Å². The van der Waals surface area contributed by atoms with E-state index in [4.69, 9.17) is 4.74 Å². The Morgan fingerprint density at radius 3 is 2.26 bits per heavy atom. The lowest BCUT2D eigenvalue weighted by molar-refractivity contribution is -0.134. The molecule has 5 heteroatoms. The molecule has 0 spiro atoms. The minimum Gasteiger partial charge on any atom is -0.466 e. The highest BCUT2D eigenvalue weighted by Crippen LogP contribution is 2.58. The molecule has 0 N–H and O–H groups in total. The van der Waals surface area contributed by atoms with Gasteiger partial charge in [-0.2, -0.15) is 0 Å². The number of carbonyl (C=O) groups is 2. The van der Waals surface area contributed by atoms with Crippen molar-refractivity contribution in [3.63, 3.8) is 0 Å². The number of methoxy groups -OCH3 is 1. The Morgan fingerprint density at radius 1 is 0.974 bits per heavy atom. The SMILES string of the molecule is COC(=O)/C=C(\C)c1cccc(N(CC23CCC(c4ccc(Br)cc4)(CC2)CC3)C(=O)C2CCCCC2)c1. The third-order valence-corrected chi connectivity index (χ3v) is 10.2. The van der Waals surface area contributed by atoms with Gasteiger partial charge in [0.1, 0.15) is 0 Å². The first-order valence-corrected chi connectivity index (χ1v) is 15.1. The van der Waals surface area contributed by atoms with Crippen LogP contribution in [0.15, 0.2) is 59.1 Å². The zero-order valence-electron chi connectivity index (χ0n) is 22.8. The highest BCUT2D eigenvalue weighted by atomic mass is 79.9. The Hall–Kier alpha value is -2.40. The Balaban J connectivity index is 1.41. The molecule has 4 nitrogen and oxygen atoms in total. The molecule has 0 heterocycles. The first kappa shape index (κ1) is 27.2. The van der Waals surface area contributed by atoms with E-state index < -0.39 is 0 Å². The fourth-order valence-electron chi connectivity index (χ4n) is 7.18. The Labute approximate surface area is 236 Å². The zero-order valence-corrected chi connectivity index (χ0v) is 24.4. The summed E-state index contributed by atoms with van der Waals surface area (Å²) in [5, 5.41) is 0. The highest BCUT2D eigenvalue weighted by molar-refractivity contribution is 9.10. The van der Waals surface area contributed by atoms with Gasteiger partial charge in [-0.05, 0) is 110 Å². The molecule has 38 heavy (non-hydrogen) atoms. The predicted molar refractivity (Wildman–Crippen MR) is 157 cm³/mol. The molecule has 0 aromatic heterocycles. The maximum absolute atomic E-state index is 14.1. The van der Waals surface area contributed by atoms with Gasteiger partial charge in [0.05, 0.1) is 7.11 Å². The number of esters is 1. The van der Waals surface area contributed by atoms with Gasteiger partial charge in [-0.3, -0.25) is 4.79 Å². The maximum Gasteiger partial charge on any atom is 0.330 e. The molecule has 0 aliphatic heterocycles. The summed E-state index contributed by atoms with van der Waals surface area (Å²) >= 11 is 3.59. The van der Waals surface area contributed by atoms with Crippen molar-refractivity contribution in [1.82, 2.24) is 0 Å². The minimum absolute atomic E-state index is 0.115. The Morgan fingerprint density at radius 2 is 1.63 bits per heavy atom. The molecule has 0 atom stereocenters. The van der Waals surface area contributed by atoms with Crippen molar-refractivity contribution in [2.45, 2.75) is 83.0 Å². The molecule has 4 saturated carbocycles. The van der Waals surface area contributed by atoms with Gasteiger partial charge < -0.3 is 9.64 Å². The first-order valence-electron chi connectivity index (χ1n) is 14.3. The van der Waals surface area contributed by atoms with E-state index in [-0.39, 0.29) is 22.7 Å². The number of allylic oxidation sites excluding steroid dienone is 1. The number of amides is 1. The molecule has 1 amide bonds. The van der Waals surface area contributed by atoms with Crippen LogP contribution in [0, 0.1) is 11.3 Å². The summed E-state index contributed by atoms with van der Waals surface area (Å²) in [4.78, 5) is 28.1. The molecule has 4 fully saturated rings. The van der Waals surface area contributed by atoms with Crippen molar-refractivity contribution in [3.05, 3.63) is 70.2 Å². The standard InChI is InChI=1S/C33H40BrNO3/c1-24(21-30(36)38-2)26-9-6-10-29(22-26)35(31(37)25-7-4-3-5-8-25)23-32-15-18-33(19-16-32,20-17-32)27-11-13-28(34)14-12-27/h6,9-14,21-22,25H,3-5,7-8,15-20,23H2,1-2H3/b24-21+. The summed E-state index contributed by atoms with van der Waals surface area (Å²) in [6, 6.07) is 17.1. The zero-order chi connectivity index (χ0) is 26.8. The van der Waals surface area contributed by atoms with E-state index in [2.05, 4.69) is 57.2 Å². The average molecular weight is 579 g/mol. The van der Waals surface area contributed by atoms with Crippen molar-refractivity contribution >= 4 is 39.1 Å². The van der Waals surface area contributed by atoms with Gasteiger partial charge in [0.15, 0.2) is 0 Å². The van der Waals surface area contributed by atoms with E-state index >= 15 is 0 Å². The number of ether oxygens (including phenoxy) is 1. The molecule has 0 saturated heterocycles. The summed E-state index contributed by atoms with van der Waals surface area (Å²) in [5.74, 6) is 0.0475. The van der Waals surface area contributed by atoms with Crippen molar-refractivity contribution in [1.29, 1.82) is 0 Å². The largest absolute Gasteiger partial charge is 0.466 e. The minimum atomic E-state index is -0.361. The second kappa shape index (κ2) is 11.4. The Kier molecular flexibility index (Phi) is 8.14. The number of carbonyl (C=O) groups excluding carboxylic acids is 2. The molecule has 0 radical (unpaired) electrons. The molecule has 202 valence electrons. The van der Waals surface area contributed by atoms with Crippen LogP contribution in [0.25, 0.3) is 5.57 Å². The van der Waals surface area contributed by atoms with Gasteiger partial charge in [0.25, 0.3) is 0 Å². The normalized spacial score (nSPS) is 25.7. The lowest BCUT2D eigenvalue weighted by Crippen LogP contribution is -2.51. The maximum atomic E-state index is 14.1. The molecule has 6 rings (SSSR count). The number of nitrogens with zero attached hydrogens (tertiary/aromatic N) is 1. The molecule has 2 aromatic rings. The van der Waals surface area contributed by atoms with E-state index in [1.165, 1.54) is 63.7 Å². The quantitative estimate of drug-likeness (QED) is 0.246. The van der Waals surface area contributed by atoms with E-state index in [0.717, 1.165) is 53.5 Å². The third-order valence-electron chi connectivity index (χ3n) is 9.72. The van der Waals surface area contributed by atoms with Crippen molar-refractivity contribution < 1.29 is 14.3 Å². The molecule has 0 unspecified atom stereocenters. The van der Waals surface area contributed by atoms with Gasteiger partial charge >= 0.3 is 5.97 Å². The first-order chi connectivity index (χ1) is 18.3. The lowest BCUT2D eigenvalue weighted by atomic mass is 9.51. The number of halogens is 1. The molecule has 4 aliphatic carbocycles. The third kappa shape index (κ3) is 5.64. The monoisotopic (exact) mass is 577 g/mol. The smallest absolute Gasteiger partial charge is 0.330 e. The summed E-state index contributed by atoms with van der Waals surface area (Å²) in [7, 11) is 1.40. The molecular formula is C33H40BrNO3. The van der Waals surface area contributed by atoms with Crippen LogP contribution >= 0.6 is 15.9 Å². The van der Waals surface area contributed by atoms with Crippen molar-refractivity contribution in [2.75, 3.05) is 18.6 Å². The second-order valence-corrected chi connectivity index (χ2v) is 12.9. The van der Waals surface area contributed by atoms with Crippen LogP contribution in [0.5, 0.6) is 0 Å². The predicted octanol–water partition coefficient (Wildman–Crippen LogP) is 8.23. The van der Waals surface area contributed by atoms with Crippen LogP contribution in [-0.4, -0.2) is 25.5 Å². The van der Waals surface area contributed by atoms with Gasteiger partial charge in [-0.25, -0.2) is 4.79 Å². The highest BCUT2D eigenvalue weighted by Gasteiger charge is 2.50. The summed E-state index contributed by atoms with van der Waals surface area (Å²) in [5.41, 5.74) is 4.69. The van der Waals surface area contributed by atoms with Gasteiger partial charge in [-0.1, -0.05) is 59.5 Å². The Bertz CT molecular complexity index is 1170. The summed E-state index contributed by atoms with van der Waals surface area (Å²) in [6.07, 6.45) is 14.1. The second-order valence-electron chi connectivity index (χ2n) is 11.9. The van der Waals surface area contributed by atoms with Crippen LogP contribution in [0.2, 0.25) is 0 Å². The van der Waals surface area contributed by atoms with Crippen LogP contribution < -0.4 is 4.90 Å². The molecule has 4 aliphatic rings. The van der Waals surface area contributed by atoms with Crippen LogP contribution in [0.1, 0.15) is 88.7 Å². The summed E-state index contributed by atoms with van der Waals surface area (Å²) < 4.78 is 5.97. The lowest BCUT2D eigenvalue weighted by Gasteiger charge is -2.55. The average Bonchev–Trinajstić information content (AvgIpc) is 2.97. The van der Waals surface area contributed by atoms with Crippen LogP contribution in [-0.2, 0) is 19.7 Å².